The van der Waals surface area contributed by atoms with Gasteiger partial charge in [0.2, 0.25) is 0 Å². The summed E-state index contributed by atoms with van der Waals surface area (Å²) >= 11 is 3.21. The van der Waals surface area contributed by atoms with Crippen LogP contribution in [-0.2, 0) is 0 Å². The van der Waals surface area contributed by atoms with Gasteiger partial charge in [0.15, 0.2) is 22.1 Å². The van der Waals surface area contributed by atoms with Crippen molar-refractivity contribution >= 4 is 27.7 Å². The van der Waals surface area contributed by atoms with Gasteiger partial charge in [-0.25, -0.2) is 9.67 Å². The quantitative estimate of drug-likeness (QED) is 0.651. The van der Waals surface area contributed by atoms with E-state index < -0.39 is 0 Å². The second-order valence-electron chi connectivity index (χ2n) is 5.47. The van der Waals surface area contributed by atoms with E-state index in [0.29, 0.717) is 42.4 Å². The molecule has 1 saturated heterocycles. The normalized spacial score (nSPS) is 14.8. The molecule has 0 unspecified atom stereocenters. The average molecular weight is 404 g/mol. The van der Waals surface area contributed by atoms with Crippen LogP contribution in [0.25, 0.3) is 5.82 Å². The van der Waals surface area contributed by atoms with Crippen molar-refractivity contribution in [3.05, 3.63) is 47.3 Å². The third kappa shape index (κ3) is 3.25. The summed E-state index contributed by atoms with van der Waals surface area (Å²) in [7, 11) is 0. The number of hydrogen-bond donors (Lipinski definition) is 0. The molecule has 3 aromatic rings. The fourth-order valence-corrected chi connectivity index (χ4v) is 2.97. The second-order valence-corrected chi connectivity index (χ2v) is 6.25. The van der Waals surface area contributed by atoms with Crippen molar-refractivity contribution in [3.63, 3.8) is 0 Å². The lowest BCUT2D eigenvalue weighted by Gasteiger charge is -2.34. The maximum atomic E-state index is 12.4. The Hall–Kier alpha value is -2.75. The number of aromatic nitrogens is 5. The van der Waals surface area contributed by atoms with E-state index in [1.54, 1.807) is 28.0 Å². The van der Waals surface area contributed by atoms with Crippen molar-refractivity contribution in [2.24, 2.45) is 0 Å². The zero-order chi connectivity index (χ0) is 17.2. The highest BCUT2D eigenvalue weighted by atomic mass is 79.9. The van der Waals surface area contributed by atoms with Gasteiger partial charge in [-0.1, -0.05) is 0 Å². The molecule has 10 heteroatoms. The largest absolute Gasteiger partial charge is 0.444 e. The Balaban J connectivity index is 1.39. The maximum Gasteiger partial charge on any atom is 0.289 e. The van der Waals surface area contributed by atoms with Crippen LogP contribution in [-0.4, -0.2) is 61.9 Å². The van der Waals surface area contributed by atoms with Gasteiger partial charge in [0.25, 0.3) is 5.91 Å². The first-order valence-corrected chi connectivity index (χ1v) is 8.48. The van der Waals surface area contributed by atoms with Crippen molar-refractivity contribution < 1.29 is 9.21 Å². The summed E-state index contributed by atoms with van der Waals surface area (Å²) in [5.41, 5.74) is 0. The van der Waals surface area contributed by atoms with Gasteiger partial charge in [-0.15, -0.1) is 10.2 Å². The number of amides is 1. The van der Waals surface area contributed by atoms with E-state index in [9.17, 15) is 4.79 Å². The number of carbonyl (C=O) groups is 1. The predicted molar refractivity (Wildman–Crippen MR) is 91.5 cm³/mol. The molecule has 0 aromatic carbocycles. The Kier molecular flexibility index (Phi) is 4.18. The molecule has 0 saturated carbocycles. The Bertz CT molecular complexity index is 854. The highest BCUT2D eigenvalue weighted by Gasteiger charge is 2.25. The first-order chi connectivity index (χ1) is 12.2. The van der Waals surface area contributed by atoms with Gasteiger partial charge >= 0.3 is 0 Å². The molecule has 0 N–H and O–H groups in total. The first-order valence-electron chi connectivity index (χ1n) is 7.69. The van der Waals surface area contributed by atoms with E-state index >= 15 is 0 Å². The van der Waals surface area contributed by atoms with Gasteiger partial charge in [-0.2, -0.15) is 5.10 Å². The molecule has 0 atom stereocenters. The van der Waals surface area contributed by atoms with Gasteiger partial charge in [0.05, 0.1) is 0 Å². The zero-order valence-electron chi connectivity index (χ0n) is 13.1. The molecular weight excluding hydrogens is 390 g/mol. The molecule has 1 aliphatic rings. The summed E-state index contributed by atoms with van der Waals surface area (Å²) in [4.78, 5) is 20.1. The molecular formula is C15H14BrN7O2. The van der Waals surface area contributed by atoms with Crippen LogP contribution < -0.4 is 4.90 Å². The van der Waals surface area contributed by atoms with E-state index in [1.165, 1.54) is 6.33 Å². The number of anilines is 1. The van der Waals surface area contributed by atoms with Crippen molar-refractivity contribution in [1.82, 2.24) is 29.9 Å². The Morgan fingerprint density at radius 2 is 1.80 bits per heavy atom. The highest BCUT2D eigenvalue weighted by molar-refractivity contribution is 9.10. The van der Waals surface area contributed by atoms with Crippen LogP contribution in [0.4, 0.5) is 5.82 Å². The molecule has 128 valence electrons. The van der Waals surface area contributed by atoms with Crippen molar-refractivity contribution in [1.29, 1.82) is 0 Å². The third-order valence-corrected chi connectivity index (χ3v) is 4.39. The molecule has 4 heterocycles. The van der Waals surface area contributed by atoms with Crippen LogP contribution in [0.15, 0.2) is 46.0 Å². The molecule has 3 aromatic heterocycles. The number of halogens is 1. The summed E-state index contributed by atoms with van der Waals surface area (Å²) in [6.07, 6.45) is 3.02. The maximum absolute atomic E-state index is 12.4. The van der Waals surface area contributed by atoms with Gasteiger partial charge in [-0.3, -0.25) is 4.79 Å². The second kappa shape index (κ2) is 6.63. The summed E-state index contributed by atoms with van der Waals surface area (Å²) < 4.78 is 7.44. The minimum atomic E-state index is -0.0991. The minimum Gasteiger partial charge on any atom is -0.444 e. The lowest BCUT2D eigenvalue weighted by Crippen LogP contribution is -2.49. The van der Waals surface area contributed by atoms with Gasteiger partial charge in [0, 0.05) is 26.2 Å². The smallest absolute Gasteiger partial charge is 0.289 e. The number of furan rings is 1. The molecule has 1 amide bonds. The number of nitrogens with zero attached hydrogens (tertiary/aromatic N) is 7. The molecule has 1 fully saturated rings. The lowest BCUT2D eigenvalue weighted by molar-refractivity contribution is 0.0713. The van der Waals surface area contributed by atoms with Crippen LogP contribution in [0.2, 0.25) is 0 Å². The first kappa shape index (κ1) is 15.8. The third-order valence-electron chi connectivity index (χ3n) is 3.96. The number of piperazine rings is 1. The van der Waals surface area contributed by atoms with E-state index in [1.807, 2.05) is 12.1 Å². The number of carbonyl (C=O) groups excluding carboxylic acids is 1. The average Bonchev–Trinajstić information content (AvgIpc) is 3.33. The van der Waals surface area contributed by atoms with Gasteiger partial charge in [-0.05, 0) is 40.2 Å². The standard InChI is InChI=1S/C15H14BrN7O2/c16-12-2-1-11(25-12)15(24)22-7-5-21(6-8-22)13-3-4-14(20-19-13)23-10-17-9-18-23/h1-4,9-10H,5-8H2. The highest BCUT2D eigenvalue weighted by Crippen LogP contribution is 2.18. The van der Waals surface area contributed by atoms with E-state index in [4.69, 9.17) is 4.42 Å². The fraction of sp³-hybridized carbons (Fsp3) is 0.267. The van der Waals surface area contributed by atoms with Crippen LogP contribution in [0.3, 0.4) is 0 Å². The summed E-state index contributed by atoms with van der Waals surface area (Å²) in [6, 6.07) is 7.13. The molecule has 9 nitrogen and oxygen atoms in total. The molecule has 0 spiro atoms. The van der Waals surface area contributed by atoms with E-state index in [-0.39, 0.29) is 5.91 Å². The van der Waals surface area contributed by atoms with Crippen LogP contribution >= 0.6 is 15.9 Å². The molecule has 1 aliphatic heterocycles. The Morgan fingerprint density at radius 3 is 2.40 bits per heavy atom. The summed E-state index contributed by atoms with van der Waals surface area (Å²) in [5.74, 6) is 1.63. The van der Waals surface area contributed by atoms with Crippen molar-refractivity contribution in [3.8, 4) is 5.82 Å². The molecule has 0 bridgehead atoms. The Labute approximate surface area is 151 Å². The fourth-order valence-electron chi connectivity index (χ4n) is 2.66. The topological polar surface area (TPSA) is 93.2 Å². The Morgan fingerprint density at radius 1 is 1.04 bits per heavy atom. The molecule has 4 rings (SSSR count). The van der Waals surface area contributed by atoms with Crippen molar-refractivity contribution in [2.75, 3.05) is 31.1 Å². The number of hydrogen-bond acceptors (Lipinski definition) is 7. The zero-order valence-corrected chi connectivity index (χ0v) is 14.7. The summed E-state index contributed by atoms with van der Waals surface area (Å²) in [6.45, 7) is 2.57. The summed E-state index contributed by atoms with van der Waals surface area (Å²) in [5, 5.41) is 12.4. The minimum absolute atomic E-state index is 0.0991. The molecule has 0 radical (unpaired) electrons. The lowest BCUT2D eigenvalue weighted by atomic mass is 10.3. The molecule has 0 aliphatic carbocycles. The van der Waals surface area contributed by atoms with E-state index in [2.05, 4.69) is 41.1 Å². The monoisotopic (exact) mass is 403 g/mol. The predicted octanol–water partition coefficient (Wildman–Crippen LogP) is 1.38. The van der Waals surface area contributed by atoms with Crippen LogP contribution in [0, 0.1) is 0 Å². The van der Waals surface area contributed by atoms with Crippen LogP contribution in [0.5, 0.6) is 0 Å². The van der Waals surface area contributed by atoms with Gasteiger partial charge < -0.3 is 14.2 Å². The SMILES string of the molecule is O=C(c1ccc(Br)o1)N1CCN(c2ccc(-n3cncn3)nn2)CC1. The van der Waals surface area contributed by atoms with Gasteiger partial charge in [0.1, 0.15) is 12.7 Å². The number of rotatable bonds is 3. The van der Waals surface area contributed by atoms with Crippen LogP contribution in [0.1, 0.15) is 10.6 Å². The molecule has 25 heavy (non-hydrogen) atoms. The van der Waals surface area contributed by atoms with E-state index in [0.717, 1.165) is 5.82 Å². The van der Waals surface area contributed by atoms with Crippen molar-refractivity contribution in [2.45, 2.75) is 0 Å².